The van der Waals surface area contributed by atoms with Crippen molar-refractivity contribution in [1.29, 1.82) is 0 Å². The van der Waals surface area contributed by atoms with E-state index in [1.165, 1.54) is 9.71 Å². The second-order valence-electron chi connectivity index (χ2n) is 4.40. The molecule has 0 unspecified atom stereocenters. The summed E-state index contributed by atoms with van der Waals surface area (Å²) in [6.45, 7) is 0.352. The monoisotopic (exact) mass is 271 g/mol. The lowest BCUT2D eigenvalue weighted by Crippen LogP contribution is -2.30. The Balaban J connectivity index is 2.05. The van der Waals surface area contributed by atoms with E-state index >= 15 is 0 Å². The highest BCUT2D eigenvalue weighted by atomic mass is 32.2. The summed E-state index contributed by atoms with van der Waals surface area (Å²) in [5.74, 6) is 0. The highest BCUT2D eigenvalue weighted by Crippen LogP contribution is 2.31. The van der Waals surface area contributed by atoms with Gasteiger partial charge in [-0.05, 0) is 23.3 Å². The maximum atomic E-state index is 12.2. The molecule has 0 amide bonds. The van der Waals surface area contributed by atoms with Crippen molar-refractivity contribution in [2.75, 3.05) is 4.31 Å². The molecule has 0 saturated heterocycles. The number of sulfonamides is 1. The van der Waals surface area contributed by atoms with Crippen LogP contribution in [0, 0.1) is 0 Å². The third-order valence-corrected chi connectivity index (χ3v) is 4.52. The number of benzene rings is 2. The van der Waals surface area contributed by atoms with Crippen molar-refractivity contribution < 1.29 is 8.42 Å². The van der Waals surface area contributed by atoms with Gasteiger partial charge in [-0.25, -0.2) is 8.42 Å². The minimum absolute atomic E-state index is 0.352. The lowest BCUT2D eigenvalue weighted by molar-refractivity contribution is 0.599. The van der Waals surface area contributed by atoms with Gasteiger partial charge in [0, 0.05) is 0 Å². The Hall–Kier alpha value is -2.07. The molecule has 0 N–H and O–H groups in total. The summed E-state index contributed by atoms with van der Waals surface area (Å²) in [5, 5.41) is 1.26. The molecule has 3 nitrogen and oxygen atoms in total. The molecule has 2 aromatic carbocycles. The van der Waals surface area contributed by atoms with Crippen molar-refractivity contribution in [1.82, 2.24) is 0 Å². The van der Waals surface area contributed by atoms with Crippen LogP contribution in [-0.4, -0.2) is 8.42 Å². The van der Waals surface area contributed by atoms with E-state index in [1.807, 2.05) is 54.6 Å². The fraction of sp³-hybridized carbons (Fsp3) is 0.0667. The second-order valence-corrected chi connectivity index (χ2v) is 6.14. The number of anilines is 1. The number of fused-ring (bicyclic) bond motifs is 1. The SMILES string of the molecule is O=S1(=O)C=Cc2ccccc2N1Cc1ccccc1. The molecule has 0 atom stereocenters. The third kappa shape index (κ3) is 2.27. The molecule has 1 heterocycles. The van der Waals surface area contributed by atoms with E-state index in [9.17, 15) is 8.42 Å². The summed E-state index contributed by atoms with van der Waals surface area (Å²) in [6, 6.07) is 17.1. The van der Waals surface area contributed by atoms with Crippen molar-refractivity contribution in [3.8, 4) is 0 Å². The summed E-state index contributed by atoms with van der Waals surface area (Å²) in [7, 11) is -3.38. The molecule has 1 aliphatic rings. The molecule has 3 rings (SSSR count). The first-order valence-corrected chi connectivity index (χ1v) is 7.51. The van der Waals surface area contributed by atoms with Gasteiger partial charge < -0.3 is 0 Å². The normalized spacial score (nSPS) is 16.1. The maximum absolute atomic E-state index is 12.2. The van der Waals surface area contributed by atoms with Crippen LogP contribution >= 0.6 is 0 Å². The number of para-hydroxylation sites is 1. The second kappa shape index (κ2) is 4.55. The van der Waals surface area contributed by atoms with Gasteiger partial charge in [-0.1, -0.05) is 48.5 Å². The van der Waals surface area contributed by atoms with Crippen LogP contribution in [0.15, 0.2) is 60.0 Å². The molecule has 4 heteroatoms. The minimum Gasteiger partial charge on any atom is -0.262 e. The lowest BCUT2D eigenvalue weighted by atomic mass is 10.1. The lowest BCUT2D eigenvalue weighted by Gasteiger charge is -2.27. The molecule has 2 aromatic rings. The van der Waals surface area contributed by atoms with Gasteiger partial charge in [-0.3, -0.25) is 4.31 Å². The van der Waals surface area contributed by atoms with Crippen molar-refractivity contribution >= 4 is 21.8 Å². The van der Waals surface area contributed by atoms with E-state index in [0.29, 0.717) is 6.54 Å². The molecule has 1 aliphatic heterocycles. The number of rotatable bonds is 2. The van der Waals surface area contributed by atoms with Gasteiger partial charge >= 0.3 is 0 Å². The molecule has 0 radical (unpaired) electrons. The molecule has 96 valence electrons. The molecule has 19 heavy (non-hydrogen) atoms. The number of hydrogen-bond donors (Lipinski definition) is 0. The number of hydrogen-bond acceptors (Lipinski definition) is 2. The summed E-state index contributed by atoms with van der Waals surface area (Å²) in [6.07, 6.45) is 1.64. The third-order valence-electron chi connectivity index (χ3n) is 3.10. The topological polar surface area (TPSA) is 37.4 Å². The van der Waals surface area contributed by atoms with Crippen LogP contribution in [0.4, 0.5) is 5.69 Å². The highest BCUT2D eigenvalue weighted by Gasteiger charge is 2.25. The summed E-state index contributed by atoms with van der Waals surface area (Å²) < 4.78 is 25.8. The van der Waals surface area contributed by atoms with Crippen molar-refractivity contribution in [3.63, 3.8) is 0 Å². The summed E-state index contributed by atoms with van der Waals surface area (Å²) in [5.41, 5.74) is 2.62. The van der Waals surface area contributed by atoms with Gasteiger partial charge in [0.1, 0.15) is 0 Å². The molecular weight excluding hydrogens is 258 g/mol. The van der Waals surface area contributed by atoms with Gasteiger partial charge in [0.2, 0.25) is 0 Å². The average Bonchev–Trinajstić information content (AvgIpc) is 2.43. The van der Waals surface area contributed by atoms with Gasteiger partial charge in [0.05, 0.1) is 17.6 Å². The van der Waals surface area contributed by atoms with Gasteiger partial charge in [-0.15, -0.1) is 0 Å². The fourth-order valence-electron chi connectivity index (χ4n) is 2.15. The highest BCUT2D eigenvalue weighted by molar-refractivity contribution is 7.95. The first kappa shape index (κ1) is 12.0. The standard InChI is InChI=1S/C15H13NO2S/c17-19(18)11-10-14-8-4-5-9-15(14)16(19)12-13-6-2-1-3-7-13/h1-11H,12H2. The van der Waals surface area contributed by atoms with E-state index in [0.717, 1.165) is 16.8 Å². The Morgan fingerprint density at radius 1 is 0.895 bits per heavy atom. The Kier molecular flexibility index (Phi) is 2.87. The van der Waals surface area contributed by atoms with Gasteiger partial charge in [0.15, 0.2) is 0 Å². The molecule has 0 aliphatic carbocycles. The van der Waals surface area contributed by atoms with E-state index in [4.69, 9.17) is 0 Å². The minimum atomic E-state index is -3.38. The molecule has 0 spiro atoms. The molecule has 0 aromatic heterocycles. The first-order valence-electron chi connectivity index (χ1n) is 6.01. The quantitative estimate of drug-likeness (QED) is 0.842. The van der Waals surface area contributed by atoms with E-state index in [2.05, 4.69) is 0 Å². The Morgan fingerprint density at radius 2 is 1.58 bits per heavy atom. The zero-order valence-electron chi connectivity index (χ0n) is 10.2. The van der Waals surface area contributed by atoms with Crippen LogP contribution in [0.3, 0.4) is 0 Å². The van der Waals surface area contributed by atoms with Gasteiger partial charge in [0.25, 0.3) is 10.0 Å². The summed E-state index contributed by atoms with van der Waals surface area (Å²) >= 11 is 0. The van der Waals surface area contributed by atoms with Crippen molar-refractivity contribution in [3.05, 3.63) is 71.1 Å². The average molecular weight is 271 g/mol. The number of nitrogens with zero attached hydrogens (tertiary/aromatic N) is 1. The molecule has 0 fully saturated rings. The fourth-order valence-corrected chi connectivity index (χ4v) is 3.38. The Morgan fingerprint density at radius 3 is 2.37 bits per heavy atom. The maximum Gasteiger partial charge on any atom is 0.257 e. The van der Waals surface area contributed by atoms with E-state index in [-0.39, 0.29) is 0 Å². The molecule has 0 bridgehead atoms. The van der Waals surface area contributed by atoms with Crippen LogP contribution in [0.2, 0.25) is 0 Å². The Labute approximate surface area is 112 Å². The summed E-state index contributed by atoms with van der Waals surface area (Å²) in [4.78, 5) is 0. The van der Waals surface area contributed by atoms with Crippen LogP contribution < -0.4 is 4.31 Å². The molecular formula is C15H13NO2S. The van der Waals surface area contributed by atoms with Gasteiger partial charge in [-0.2, -0.15) is 0 Å². The van der Waals surface area contributed by atoms with E-state index in [1.54, 1.807) is 6.08 Å². The zero-order valence-corrected chi connectivity index (χ0v) is 11.0. The van der Waals surface area contributed by atoms with Crippen molar-refractivity contribution in [2.24, 2.45) is 0 Å². The molecule has 0 saturated carbocycles. The van der Waals surface area contributed by atoms with Crippen LogP contribution in [0.1, 0.15) is 11.1 Å². The zero-order chi connectivity index (χ0) is 13.3. The van der Waals surface area contributed by atoms with E-state index < -0.39 is 10.0 Å². The Bertz CT molecular complexity index is 721. The van der Waals surface area contributed by atoms with Crippen LogP contribution in [-0.2, 0) is 16.6 Å². The van der Waals surface area contributed by atoms with Crippen LogP contribution in [0.5, 0.6) is 0 Å². The predicted molar refractivity (Wildman–Crippen MR) is 77.0 cm³/mol. The smallest absolute Gasteiger partial charge is 0.257 e. The van der Waals surface area contributed by atoms with Crippen molar-refractivity contribution in [2.45, 2.75) is 6.54 Å². The largest absolute Gasteiger partial charge is 0.262 e. The van der Waals surface area contributed by atoms with Crippen LogP contribution in [0.25, 0.3) is 6.08 Å². The predicted octanol–water partition coefficient (Wildman–Crippen LogP) is 3.01. The first-order chi connectivity index (χ1) is 9.17.